The van der Waals surface area contributed by atoms with Gasteiger partial charge >= 0.3 is 0 Å². The number of nitrogens with one attached hydrogen (secondary N) is 1. The van der Waals surface area contributed by atoms with E-state index in [1.807, 2.05) is 0 Å². The van der Waals surface area contributed by atoms with Crippen molar-refractivity contribution in [2.45, 2.75) is 67.0 Å². The van der Waals surface area contributed by atoms with E-state index in [-0.39, 0.29) is 0 Å². The van der Waals surface area contributed by atoms with Crippen LogP contribution in [0.1, 0.15) is 54.9 Å². The van der Waals surface area contributed by atoms with E-state index in [2.05, 4.69) is 58.7 Å². The van der Waals surface area contributed by atoms with Crippen molar-refractivity contribution in [3.63, 3.8) is 0 Å². The van der Waals surface area contributed by atoms with E-state index in [4.69, 9.17) is 0 Å². The second-order valence-electron chi connectivity index (χ2n) is 7.88. The second-order valence-corrected chi connectivity index (χ2v) is 7.88. The smallest absolute Gasteiger partial charge is 0.0244 e. The van der Waals surface area contributed by atoms with E-state index in [1.165, 1.54) is 19.5 Å². The van der Waals surface area contributed by atoms with Crippen LogP contribution in [0.15, 0.2) is 0 Å². The van der Waals surface area contributed by atoms with E-state index >= 15 is 0 Å². The average Bonchev–Trinajstić information content (AvgIpc) is 2.24. The predicted octanol–water partition coefficient (Wildman–Crippen LogP) is 3.38. The van der Waals surface area contributed by atoms with Crippen molar-refractivity contribution in [3.05, 3.63) is 0 Å². The molecule has 2 unspecified atom stereocenters. The van der Waals surface area contributed by atoms with Gasteiger partial charge in [0.2, 0.25) is 0 Å². The molecule has 0 aromatic carbocycles. The van der Waals surface area contributed by atoms with Gasteiger partial charge in [0.15, 0.2) is 0 Å². The highest BCUT2D eigenvalue weighted by atomic mass is 15.2. The molecule has 0 aliphatic carbocycles. The Labute approximate surface area is 115 Å². The summed E-state index contributed by atoms with van der Waals surface area (Å²) >= 11 is 0. The van der Waals surface area contributed by atoms with Crippen LogP contribution in [-0.4, -0.2) is 36.6 Å². The van der Waals surface area contributed by atoms with Crippen LogP contribution in [-0.2, 0) is 0 Å². The molecule has 1 aliphatic rings. The Kier molecular flexibility index (Phi) is 5.67. The van der Waals surface area contributed by atoms with Gasteiger partial charge in [-0.1, -0.05) is 48.5 Å². The standard InChI is InChI=1S/C16H34N2/c1-12(2)14-11-18(9-8-16(5,6)7)15(10-17-14)13(3)4/h12-15,17H,8-11H2,1-7H3. The third kappa shape index (κ3) is 4.89. The van der Waals surface area contributed by atoms with E-state index in [0.717, 1.165) is 18.4 Å². The summed E-state index contributed by atoms with van der Waals surface area (Å²) in [5.74, 6) is 1.47. The molecule has 2 atom stereocenters. The van der Waals surface area contributed by atoms with Crippen molar-refractivity contribution < 1.29 is 0 Å². The molecule has 0 aromatic heterocycles. The Morgan fingerprint density at radius 2 is 1.72 bits per heavy atom. The molecule has 18 heavy (non-hydrogen) atoms. The first-order valence-electron chi connectivity index (χ1n) is 7.68. The van der Waals surface area contributed by atoms with E-state index in [0.29, 0.717) is 17.5 Å². The maximum Gasteiger partial charge on any atom is 0.0244 e. The van der Waals surface area contributed by atoms with Crippen molar-refractivity contribution >= 4 is 0 Å². The average molecular weight is 254 g/mol. The Morgan fingerprint density at radius 3 is 2.17 bits per heavy atom. The summed E-state index contributed by atoms with van der Waals surface area (Å²) in [4.78, 5) is 2.73. The zero-order chi connectivity index (χ0) is 13.9. The van der Waals surface area contributed by atoms with Crippen LogP contribution >= 0.6 is 0 Å². The maximum atomic E-state index is 3.74. The third-order valence-electron chi connectivity index (χ3n) is 4.21. The van der Waals surface area contributed by atoms with Gasteiger partial charge in [-0.15, -0.1) is 0 Å². The first-order chi connectivity index (χ1) is 8.20. The fourth-order valence-electron chi connectivity index (χ4n) is 2.69. The van der Waals surface area contributed by atoms with E-state index < -0.39 is 0 Å². The molecule has 108 valence electrons. The molecule has 0 spiro atoms. The molecule has 0 saturated carbocycles. The highest BCUT2D eigenvalue weighted by molar-refractivity contribution is 4.89. The molecule has 1 saturated heterocycles. The summed E-state index contributed by atoms with van der Waals surface area (Å²) in [6, 6.07) is 1.38. The zero-order valence-corrected chi connectivity index (χ0v) is 13.6. The molecule has 1 fully saturated rings. The molecular formula is C16H34N2. The topological polar surface area (TPSA) is 15.3 Å². The second kappa shape index (κ2) is 6.38. The number of nitrogens with zero attached hydrogens (tertiary/aromatic N) is 1. The number of hydrogen-bond donors (Lipinski definition) is 1. The van der Waals surface area contributed by atoms with E-state index in [9.17, 15) is 0 Å². The first-order valence-corrected chi connectivity index (χ1v) is 7.68. The van der Waals surface area contributed by atoms with Crippen molar-refractivity contribution in [1.29, 1.82) is 0 Å². The highest BCUT2D eigenvalue weighted by Gasteiger charge is 2.31. The van der Waals surface area contributed by atoms with Gasteiger partial charge in [0.05, 0.1) is 0 Å². The fourth-order valence-corrected chi connectivity index (χ4v) is 2.69. The lowest BCUT2D eigenvalue weighted by molar-refractivity contribution is 0.0746. The lowest BCUT2D eigenvalue weighted by Gasteiger charge is -2.44. The van der Waals surface area contributed by atoms with Gasteiger partial charge in [-0.25, -0.2) is 0 Å². The maximum absolute atomic E-state index is 3.74. The van der Waals surface area contributed by atoms with Crippen LogP contribution in [0.25, 0.3) is 0 Å². The Morgan fingerprint density at radius 1 is 1.11 bits per heavy atom. The van der Waals surface area contributed by atoms with Crippen molar-refractivity contribution in [1.82, 2.24) is 10.2 Å². The molecule has 1 heterocycles. The summed E-state index contributed by atoms with van der Waals surface area (Å²) in [7, 11) is 0. The Bertz CT molecular complexity index is 240. The number of rotatable bonds is 4. The van der Waals surface area contributed by atoms with Gasteiger partial charge in [-0.2, -0.15) is 0 Å². The summed E-state index contributed by atoms with van der Waals surface area (Å²) in [6.07, 6.45) is 1.29. The molecular weight excluding hydrogens is 220 g/mol. The first kappa shape index (κ1) is 16.0. The lowest BCUT2D eigenvalue weighted by atomic mass is 9.89. The predicted molar refractivity (Wildman–Crippen MR) is 80.9 cm³/mol. The van der Waals surface area contributed by atoms with Gasteiger partial charge < -0.3 is 5.32 Å². The molecule has 1 N–H and O–H groups in total. The van der Waals surface area contributed by atoms with Crippen LogP contribution in [0.2, 0.25) is 0 Å². The number of piperazine rings is 1. The normalized spacial score (nSPS) is 27.2. The van der Waals surface area contributed by atoms with Crippen LogP contribution in [0, 0.1) is 17.3 Å². The van der Waals surface area contributed by atoms with Gasteiger partial charge in [0, 0.05) is 25.2 Å². The summed E-state index contributed by atoms with van der Waals surface area (Å²) in [6.45, 7) is 20.0. The van der Waals surface area contributed by atoms with Crippen LogP contribution in [0.4, 0.5) is 0 Å². The highest BCUT2D eigenvalue weighted by Crippen LogP contribution is 2.23. The minimum Gasteiger partial charge on any atom is -0.311 e. The Hall–Kier alpha value is -0.0800. The van der Waals surface area contributed by atoms with Crippen molar-refractivity contribution in [2.75, 3.05) is 19.6 Å². The van der Waals surface area contributed by atoms with Gasteiger partial charge in [-0.3, -0.25) is 4.90 Å². The molecule has 1 rings (SSSR count). The summed E-state index contributed by atoms with van der Waals surface area (Å²) in [5, 5.41) is 3.74. The quantitative estimate of drug-likeness (QED) is 0.827. The fraction of sp³-hybridized carbons (Fsp3) is 1.00. The van der Waals surface area contributed by atoms with Crippen LogP contribution in [0.3, 0.4) is 0 Å². The molecule has 0 radical (unpaired) electrons. The lowest BCUT2D eigenvalue weighted by Crippen LogP contribution is -2.59. The zero-order valence-electron chi connectivity index (χ0n) is 13.6. The van der Waals surface area contributed by atoms with Crippen molar-refractivity contribution in [3.8, 4) is 0 Å². The monoisotopic (exact) mass is 254 g/mol. The third-order valence-corrected chi connectivity index (χ3v) is 4.21. The molecule has 0 bridgehead atoms. The van der Waals surface area contributed by atoms with E-state index in [1.54, 1.807) is 0 Å². The summed E-state index contributed by atoms with van der Waals surface area (Å²) < 4.78 is 0. The van der Waals surface area contributed by atoms with Crippen LogP contribution in [0.5, 0.6) is 0 Å². The largest absolute Gasteiger partial charge is 0.311 e. The minimum atomic E-state index is 0.444. The molecule has 0 aromatic rings. The van der Waals surface area contributed by atoms with Crippen LogP contribution < -0.4 is 5.32 Å². The molecule has 2 nitrogen and oxygen atoms in total. The number of hydrogen-bond acceptors (Lipinski definition) is 2. The van der Waals surface area contributed by atoms with Gasteiger partial charge in [0.25, 0.3) is 0 Å². The van der Waals surface area contributed by atoms with Gasteiger partial charge in [0.1, 0.15) is 0 Å². The Balaban J connectivity index is 2.60. The molecule has 1 aliphatic heterocycles. The summed E-state index contributed by atoms with van der Waals surface area (Å²) in [5.41, 5.74) is 0.444. The molecule has 0 amide bonds. The minimum absolute atomic E-state index is 0.444. The van der Waals surface area contributed by atoms with Gasteiger partial charge in [-0.05, 0) is 30.2 Å². The molecule has 2 heteroatoms. The SMILES string of the molecule is CC(C)C1CN(CCC(C)(C)C)C(C(C)C)CN1. The van der Waals surface area contributed by atoms with Crippen molar-refractivity contribution in [2.24, 2.45) is 17.3 Å².